The summed E-state index contributed by atoms with van der Waals surface area (Å²) in [5.74, 6) is 0.451. The van der Waals surface area contributed by atoms with E-state index in [1.165, 1.54) is 10.6 Å². The Hall–Kier alpha value is -3.03. The average molecular weight is 473 g/mol. The van der Waals surface area contributed by atoms with Gasteiger partial charge in [-0.1, -0.05) is 41.4 Å². The van der Waals surface area contributed by atoms with E-state index in [1.54, 1.807) is 60.7 Å². The Morgan fingerprint density at radius 2 is 1.59 bits per heavy atom. The van der Waals surface area contributed by atoms with E-state index >= 15 is 0 Å². The van der Waals surface area contributed by atoms with Crippen LogP contribution in [0.25, 0.3) is 0 Å². The maximum atomic E-state index is 12.4. The van der Waals surface area contributed by atoms with Gasteiger partial charge in [-0.25, -0.2) is 8.42 Å². The Morgan fingerprint density at radius 1 is 0.969 bits per heavy atom. The molecule has 0 spiro atoms. The van der Waals surface area contributed by atoms with Gasteiger partial charge in [0.1, 0.15) is 12.4 Å². The fourth-order valence-corrected chi connectivity index (χ4v) is 4.02. The predicted octanol–water partition coefficient (Wildman–Crippen LogP) is 4.42. The number of carbonyl (C=O) groups excluding carboxylic acids is 1. The first-order valence-corrected chi connectivity index (χ1v) is 12.2. The highest BCUT2D eigenvalue weighted by molar-refractivity contribution is 7.92. The monoisotopic (exact) mass is 472 g/mol. The molecule has 0 saturated heterocycles. The van der Waals surface area contributed by atoms with Crippen molar-refractivity contribution in [1.29, 1.82) is 0 Å². The highest BCUT2D eigenvalue weighted by Gasteiger charge is 2.18. The van der Waals surface area contributed by atoms with Crippen molar-refractivity contribution in [1.82, 2.24) is 5.32 Å². The van der Waals surface area contributed by atoms with Gasteiger partial charge in [-0.05, 0) is 61.0 Å². The quantitative estimate of drug-likeness (QED) is 0.467. The summed E-state index contributed by atoms with van der Waals surface area (Å²) >= 11 is 5.84. The van der Waals surface area contributed by atoms with Crippen molar-refractivity contribution in [3.05, 3.63) is 94.5 Å². The number of rotatable bonds is 9. The molecule has 0 fully saturated rings. The minimum absolute atomic E-state index is 0.179. The van der Waals surface area contributed by atoms with Gasteiger partial charge in [-0.15, -0.1) is 0 Å². The summed E-state index contributed by atoms with van der Waals surface area (Å²) in [4.78, 5) is 12.4. The van der Waals surface area contributed by atoms with E-state index in [9.17, 15) is 13.2 Å². The van der Waals surface area contributed by atoms with Crippen molar-refractivity contribution < 1.29 is 17.9 Å². The van der Waals surface area contributed by atoms with Gasteiger partial charge in [0.2, 0.25) is 10.0 Å². The lowest BCUT2D eigenvalue weighted by Gasteiger charge is -2.22. The fourth-order valence-electron chi connectivity index (χ4n) is 3.00. The van der Waals surface area contributed by atoms with E-state index < -0.39 is 10.0 Å². The zero-order valence-corrected chi connectivity index (χ0v) is 19.5. The van der Waals surface area contributed by atoms with Crippen molar-refractivity contribution in [2.45, 2.75) is 13.5 Å². The van der Waals surface area contributed by atoms with Crippen LogP contribution in [0.15, 0.2) is 72.8 Å². The molecule has 8 heteroatoms. The van der Waals surface area contributed by atoms with Gasteiger partial charge in [0.25, 0.3) is 5.91 Å². The first kappa shape index (κ1) is 23.6. The Bertz CT molecular complexity index is 1150. The van der Waals surface area contributed by atoms with Gasteiger partial charge >= 0.3 is 0 Å². The highest BCUT2D eigenvalue weighted by Crippen LogP contribution is 2.21. The molecule has 0 atom stereocenters. The summed E-state index contributed by atoms with van der Waals surface area (Å²) in [5.41, 5.74) is 2.91. The van der Waals surface area contributed by atoms with E-state index in [-0.39, 0.29) is 12.5 Å². The standard InChI is InChI=1S/C24H25ClN2O4S/c1-18-3-11-22(12-4-18)27(32(2,29)30)17-19-5-7-20(8-6-19)24(28)26-15-16-31-23-13-9-21(25)10-14-23/h3-14H,15-17H2,1-2H3,(H,26,28). The first-order valence-electron chi connectivity index (χ1n) is 10.0. The average Bonchev–Trinajstić information content (AvgIpc) is 2.76. The normalized spacial score (nSPS) is 11.1. The summed E-state index contributed by atoms with van der Waals surface area (Å²) in [7, 11) is -3.46. The Morgan fingerprint density at radius 3 is 2.19 bits per heavy atom. The fraction of sp³-hybridized carbons (Fsp3) is 0.208. The molecule has 1 amide bonds. The summed E-state index contributed by atoms with van der Waals surface area (Å²) in [6.45, 7) is 2.80. The van der Waals surface area contributed by atoms with E-state index in [1.807, 2.05) is 19.1 Å². The van der Waals surface area contributed by atoms with Crippen LogP contribution in [0.4, 0.5) is 5.69 Å². The van der Waals surface area contributed by atoms with E-state index in [4.69, 9.17) is 16.3 Å². The van der Waals surface area contributed by atoms with E-state index in [2.05, 4.69) is 5.32 Å². The molecule has 0 unspecified atom stereocenters. The molecule has 1 N–H and O–H groups in total. The van der Waals surface area contributed by atoms with Crippen LogP contribution in [0, 0.1) is 6.92 Å². The number of hydrogen-bond donors (Lipinski definition) is 1. The zero-order valence-electron chi connectivity index (χ0n) is 17.9. The topological polar surface area (TPSA) is 75.7 Å². The van der Waals surface area contributed by atoms with Crippen LogP contribution in [-0.2, 0) is 16.6 Å². The minimum atomic E-state index is -3.46. The molecule has 0 heterocycles. The molecule has 3 aromatic rings. The molecule has 32 heavy (non-hydrogen) atoms. The number of nitrogens with zero attached hydrogens (tertiary/aromatic N) is 1. The summed E-state index contributed by atoms with van der Waals surface area (Å²) in [6, 6.07) is 21.2. The smallest absolute Gasteiger partial charge is 0.251 e. The molecule has 0 aromatic heterocycles. The molecular weight excluding hydrogens is 448 g/mol. The first-order chi connectivity index (χ1) is 15.2. The lowest BCUT2D eigenvalue weighted by molar-refractivity contribution is 0.0947. The van der Waals surface area contributed by atoms with Gasteiger partial charge < -0.3 is 10.1 Å². The molecule has 6 nitrogen and oxygen atoms in total. The largest absolute Gasteiger partial charge is 0.492 e. The number of aryl methyl sites for hydroxylation is 1. The van der Waals surface area contributed by atoms with Crippen molar-refractivity contribution in [2.75, 3.05) is 23.7 Å². The summed E-state index contributed by atoms with van der Waals surface area (Å²) < 4.78 is 31.5. The molecule has 3 rings (SSSR count). The lowest BCUT2D eigenvalue weighted by Crippen LogP contribution is -2.29. The number of halogens is 1. The molecular formula is C24H25ClN2O4S. The number of ether oxygens (including phenoxy) is 1. The number of nitrogens with one attached hydrogen (secondary N) is 1. The number of carbonyl (C=O) groups is 1. The second-order valence-corrected chi connectivity index (χ2v) is 9.70. The molecule has 0 aliphatic rings. The van der Waals surface area contributed by atoms with Gasteiger partial charge in [0, 0.05) is 10.6 Å². The van der Waals surface area contributed by atoms with Crippen LogP contribution in [0.5, 0.6) is 5.75 Å². The van der Waals surface area contributed by atoms with Crippen LogP contribution >= 0.6 is 11.6 Å². The highest BCUT2D eigenvalue weighted by atomic mass is 35.5. The summed E-state index contributed by atoms with van der Waals surface area (Å²) in [6.07, 6.45) is 1.18. The van der Waals surface area contributed by atoms with Crippen molar-refractivity contribution in [3.8, 4) is 5.75 Å². The van der Waals surface area contributed by atoms with Crippen LogP contribution < -0.4 is 14.4 Å². The van der Waals surface area contributed by atoms with Crippen LogP contribution in [-0.4, -0.2) is 33.7 Å². The molecule has 0 bridgehead atoms. The third kappa shape index (κ3) is 6.73. The third-order valence-electron chi connectivity index (χ3n) is 4.73. The van der Waals surface area contributed by atoms with Crippen LogP contribution in [0.3, 0.4) is 0 Å². The third-order valence-corrected chi connectivity index (χ3v) is 6.13. The van der Waals surface area contributed by atoms with Crippen LogP contribution in [0.2, 0.25) is 5.02 Å². The van der Waals surface area contributed by atoms with Crippen molar-refractivity contribution in [3.63, 3.8) is 0 Å². The molecule has 168 valence electrons. The SMILES string of the molecule is Cc1ccc(N(Cc2ccc(C(=O)NCCOc3ccc(Cl)cc3)cc2)S(C)(=O)=O)cc1. The number of hydrogen-bond acceptors (Lipinski definition) is 4. The Kier molecular flexibility index (Phi) is 7.77. The van der Waals surface area contributed by atoms with Crippen molar-refractivity contribution in [2.24, 2.45) is 0 Å². The number of amides is 1. The van der Waals surface area contributed by atoms with Gasteiger partial charge in [0.05, 0.1) is 25.0 Å². The zero-order chi connectivity index (χ0) is 23.1. The number of sulfonamides is 1. The number of anilines is 1. The predicted molar refractivity (Wildman–Crippen MR) is 128 cm³/mol. The lowest BCUT2D eigenvalue weighted by atomic mass is 10.1. The maximum Gasteiger partial charge on any atom is 0.251 e. The summed E-state index contributed by atoms with van der Waals surface area (Å²) in [5, 5.41) is 3.43. The second-order valence-electron chi connectivity index (χ2n) is 7.36. The van der Waals surface area contributed by atoms with Gasteiger partial charge in [-0.3, -0.25) is 9.10 Å². The minimum Gasteiger partial charge on any atom is -0.492 e. The Balaban J connectivity index is 1.56. The number of benzene rings is 3. The van der Waals surface area contributed by atoms with E-state index in [0.29, 0.717) is 35.2 Å². The molecule has 0 saturated carbocycles. The van der Waals surface area contributed by atoms with Gasteiger partial charge in [0.15, 0.2) is 0 Å². The molecule has 3 aromatic carbocycles. The van der Waals surface area contributed by atoms with E-state index in [0.717, 1.165) is 11.1 Å². The molecule has 0 aliphatic heterocycles. The van der Waals surface area contributed by atoms with Crippen molar-refractivity contribution >= 4 is 33.2 Å². The Labute approximate surface area is 193 Å². The van der Waals surface area contributed by atoms with Gasteiger partial charge in [-0.2, -0.15) is 0 Å². The second kappa shape index (κ2) is 10.5. The molecule has 0 radical (unpaired) electrons. The van der Waals surface area contributed by atoms with Crippen LogP contribution in [0.1, 0.15) is 21.5 Å². The molecule has 0 aliphatic carbocycles. The maximum absolute atomic E-state index is 12.4.